The van der Waals surface area contributed by atoms with Gasteiger partial charge in [0.05, 0.1) is 16.6 Å². The molecule has 0 radical (unpaired) electrons. The number of nitrogens with zero attached hydrogens (tertiary/aromatic N) is 1. The second-order valence-electron chi connectivity index (χ2n) is 4.83. The minimum atomic E-state index is -0.416. The van der Waals surface area contributed by atoms with Crippen LogP contribution in [0.15, 0.2) is 53.0 Å². The topological polar surface area (TPSA) is 37.4 Å². The Hall–Kier alpha value is -1.65. The van der Waals surface area contributed by atoms with E-state index < -0.39 is 5.92 Å². The number of carbonyl (C=O) groups excluding carboxylic acids is 2. The summed E-state index contributed by atoms with van der Waals surface area (Å²) in [5, 5.41) is 0.469. The second kappa shape index (κ2) is 5.62. The van der Waals surface area contributed by atoms with Crippen molar-refractivity contribution in [2.45, 2.75) is 12.3 Å². The first-order valence-corrected chi connectivity index (χ1v) is 7.62. The number of benzene rings is 2. The number of hydrogen-bond donors (Lipinski definition) is 0. The molecule has 0 aliphatic carbocycles. The number of halogens is 2. The number of carbonyl (C=O) groups is 2. The molecule has 106 valence electrons. The summed E-state index contributed by atoms with van der Waals surface area (Å²) in [5.74, 6) is -0.821. The maximum Gasteiger partial charge on any atom is 0.241 e. The molecule has 0 N–H and O–H groups in total. The molecule has 1 aliphatic heterocycles. The fourth-order valence-electron chi connectivity index (χ4n) is 2.47. The molecular formula is C16H11BrClNO2. The fourth-order valence-corrected chi connectivity index (χ4v) is 2.89. The summed E-state index contributed by atoms with van der Waals surface area (Å²) in [4.78, 5) is 26.0. The van der Waals surface area contributed by atoms with Gasteiger partial charge in [-0.15, -0.1) is 0 Å². The van der Waals surface area contributed by atoms with Crippen molar-refractivity contribution >= 4 is 45.0 Å². The van der Waals surface area contributed by atoms with Crippen molar-refractivity contribution < 1.29 is 9.59 Å². The molecule has 2 amide bonds. The highest BCUT2D eigenvalue weighted by atomic mass is 79.9. The van der Waals surface area contributed by atoms with Gasteiger partial charge in [-0.3, -0.25) is 9.59 Å². The minimum absolute atomic E-state index is 0.191. The molecule has 5 heteroatoms. The molecule has 1 heterocycles. The van der Waals surface area contributed by atoms with E-state index in [0.717, 1.165) is 10.0 Å². The smallest absolute Gasteiger partial charge is 0.241 e. The van der Waals surface area contributed by atoms with Gasteiger partial charge in [0.2, 0.25) is 11.8 Å². The predicted octanol–water partition coefficient (Wildman–Crippen LogP) is 4.15. The first kappa shape index (κ1) is 14.3. The van der Waals surface area contributed by atoms with Crippen LogP contribution in [0.2, 0.25) is 5.02 Å². The summed E-state index contributed by atoms with van der Waals surface area (Å²) < 4.78 is 0.728. The zero-order valence-corrected chi connectivity index (χ0v) is 13.3. The van der Waals surface area contributed by atoms with Gasteiger partial charge in [-0.25, -0.2) is 4.90 Å². The van der Waals surface area contributed by atoms with E-state index >= 15 is 0 Å². The van der Waals surface area contributed by atoms with Gasteiger partial charge < -0.3 is 0 Å². The Morgan fingerprint density at radius 1 is 1.10 bits per heavy atom. The molecule has 1 aliphatic rings. The van der Waals surface area contributed by atoms with Crippen LogP contribution in [-0.4, -0.2) is 11.8 Å². The fraction of sp³-hybridized carbons (Fsp3) is 0.125. The largest absolute Gasteiger partial charge is 0.274 e. The molecule has 3 nitrogen and oxygen atoms in total. The van der Waals surface area contributed by atoms with Crippen molar-refractivity contribution in [3.63, 3.8) is 0 Å². The van der Waals surface area contributed by atoms with Crippen LogP contribution in [0, 0.1) is 0 Å². The summed E-state index contributed by atoms with van der Waals surface area (Å²) in [6, 6.07) is 14.4. The lowest BCUT2D eigenvalue weighted by Crippen LogP contribution is -2.30. The summed E-state index contributed by atoms with van der Waals surface area (Å²) in [6.45, 7) is 0. The average Bonchev–Trinajstić information content (AvgIpc) is 2.78. The van der Waals surface area contributed by atoms with Gasteiger partial charge >= 0.3 is 0 Å². The van der Waals surface area contributed by atoms with Crippen molar-refractivity contribution in [2.75, 3.05) is 4.90 Å². The zero-order chi connectivity index (χ0) is 15.0. The van der Waals surface area contributed by atoms with Gasteiger partial charge in [0.25, 0.3) is 0 Å². The van der Waals surface area contributed by atoms with Gasteiger partial charge in [0.1, 0.15) is 0 Å². The van der Waals surface area contributed by atoms with Crippen molar-refractivity contribution in [1.29, 1.82) is 0 Å². The average molecular weight is 365 g/mol. The minimum Gasteiger partial charge on any atom is -0.274 e. The van der Waals surface area contributed by atoms with Gasteiger partial charge in [0.15, 0.2) is 0 Å². The standard InChI is InChI=1S/C16H11BrClNO2/c17-13-7-6-11(8-14(13)18)19-15(20)9-12(16(19)21)10-4-2-1-3-5-10/h1-8,12H,9H2. The molecule has 1 atom stereocenters. The Balaban J connectivity index is 1.96. The van der Waals surface area contributed by atoms with Crippen LogP contribution in [0.5, 0.6) is 0 Å². The van der Waals surface area contributed by atoms with E-state index in [1.807, 2.05) is 30.3 Å². The third kappa shape index (κ3) is 2.61. The van der Waals surface area contributed by atoms with Crippen LogP contribution in [0.3, 0.4) is 0 Å². The molecule has 0 spiro atoms. The Morgan fingerprint density at radius 3 is 2.48 bits per heavy atom. The van der Waals surface area contributed by atoms with Gasteiger partial charge in [0, 0.05) is 10.9 Å². The van der Waals surface area contributed by atoms with Gasteiger partial charge in [-0.2, -0.15) is 0 Å². The van der Waals surface area contributed by atoms with E-state index in [2.05, 4.69) is 15.9 Å². The molecule has 1 fully saturated rings. The highest BCUT2D eigenvalue weighted by Gasteiger charge is 2.40. The normalized spacial score (nSPS) is 18.4. The van der Waals surface area contributed by atoms with E-state index in [4.69, 9.17) is 11.6 Å². The highest BCUT2D eigenvalue weighted by Crippen LogP contribution is 2.35. The highest BCUT2D eigenvalue weighted by molar-refractivity contribution is 9.10. The molecule has 2 aromatic rings. The van der Waals surface area contributed by atoms with Crippen LogP contribution >= 0.6 is 27.5 Å². The number of imide groups is 1. The van der Waals surface area contributed by atoms with Crippen molar-refractivity contribution in [3.8, 4) is 0 Å². The van der Waals surface area contributed by atoms with E-state index in [1.165, 1.54) is 4.90 Å². The predicted molar refractivity (Wildman–Crippen MR) is 85.4 cm³/mol. The number of hydrogen-bond acceptors (Lipinski definition) is 2. The number of rotatable bonds is 2. The Bertz CT molecular complexity index is 717. The van der Waals surface area contributed by atoms with E-state index in [9.17, 15) is 9.59 Å². The third-order valence-electron chi connectivity index (χ3n) is 3.51. The molecule has 0 aromatic heterocycles. The van der Waals surface area contributed by atoms with Crippen molar-refractivity contribution in [3.05, 3.63) is 63.6 Å². The molecule has 0 saturated carbocycles. The lowest BCUT2D eigenvalue weighted by molar-refractivity contribution is -0.121. The van der Waals surface area contributed by atoms with Crippen LogP contribution in [0.25, 0.3) is 0 Å². The Kier molecular flexibility index (Phi) is 3.83. The van der Waals surface area contributed by atoms with Gasteiger partial charge in [-0.1, -0.05) is 41.9 Å². The molecule has 1 saturated heterocycles. The summed E-state index contributed by atoms with van der Waals surface area (Å²) in [5.41, 5.74) is 1.37. The number of amides is 2. The van der Waals surface area contributed by atoms with E-state index in [-0.39, 0.29) is 18.2 Å². The van der Waals surface area contributed by atoms with Crippen LogP contribution < -0.4 is 4.90 Å². The lowest BCUT2D eigenvalue weighted by atomic mass is 9.98. The van der Waals surface area contributed by atoms with E-state index in [1.54, 1.807) is 18.2 Å². The summed E-state index contributed by atoms with van der Waals surface area (Å²) >= 11 is 9.34. The molecule has 1 unspecified atom stereocenters. The number of anilines is 1. The first-order chi connectivity index (χ1) is 10.1. The van der Waals surface area contributed by atoms with Crippen molar-refractivity contribution in [2.24, 2.45) is 0 Å². The molecule has 0 bridgehead atoms. The third-order valence-corrected chi connectivity index (χ3v) is 4.74. The summed E-state index contributed by atoms with van der Waals surface area (Å²) in [6.07, 6.45) is 0.191. The molecule has 21 heavy (non-hydrogen) atoms. The SMILES string of the molecule is O=C1CC(c2ccccc2)C(=O)N1c1ccc(Br)c(Cl)c1. The van der Waals surface area contributed by atoms with Crippen LogP contribution in [0.1, 0.15) is 17.9 Å². The lowest BCUT2D eigenvalue weighted by Gasteiger charge is -2.15. The molecule has 3 rings (SSSR count). The molecular weight excluding hydrogens is 354 g/mol. The first-order valence-electron chi connectivity index (χ1n) is 6.44. The van der Waals surface area contributed by atoms with Gasteiger partial charge in [-0.05, 0) is 39.7 Å². The Labute approximate surface area is 135 Å². The summed E-state index contributed by atoms with van der Waals surface area (Å²) in [7, 11) is 0. The monoisotopic (exact) mass is 363 g/mol. The maximum atomic E-state index is 12.6. The zero-order valence-electron chi connectivity index (χ0n) is 10.9. The van der Waals surface area contributed by atoms with Crippen LogP contribution in [-0.2, 0) is 9.59 Å². The van der Waals surface area contributed by atoms with Crippen LogP contribution in [0.4, 0.5) is 5.69 Å². The Morgan fingerprint density at radius 2 is 1.81 bits per heavy atom. The quantitative estimate of drug-likeness (QED) is 0.751. The second-order valence-corrected chi connectivity index (χ2v) is 6.09. The molecule has 2 aromatic carbocycles. The maximum absolute atomic E-state index is 12.6. The van der Waals surface area contributed by atoms with Crippen molar-refractivity contribution in [1.82, 2.24) is 0 Å². The van der Waals surface area contributed by atoms with E-state index in [0.29, 0.717) is 10.7 Å².